The monoisotopic (exact) mass is 206 g/mol. The molecular weight excluding hydrogens is 180 g/mol. The maximum atomic E-state index is 4.09. The maximum Gasteiger partial charge on any atom is -0.0274 e. The van der Waals surface area contributed by atoms with Crippen molar-refractivity contribution in [3.05, 3.63) is 35.5 Å². The molecule has 0 unspecified atom stereocenters. The van der Waals surface area contributed by atoms with Gasteiger partial charge in [-0.3, -0.25) is 0 Å². The summed E-state index contributed by atoms with van der Waals surface area (Å²) in [4.78, 5) is 0. The molecule has 0 amide bonds. The summed E-state index contributed by atoms with van der Waals surface area (Å²) >= 11 is 0. The Kier molecular flexibility index (Phi) is 7.11. The summed E-state index contributed by atoms with van der Waals surface area (Å²) in [6.07, 6.45) is 5.98. The Hall–Kier alpha value is -0.780. The first-order valence-electron chi connectivity index (χ1n) is 6.08. The van der Waals surface area contributed by atoms with Gasteiger partial charge >= 0.3 is 0 Å². The van der Waals surface area contributed by atoms with E-state index in [1.165, 1.54) is 41.6 Å². The van der Waals surface area contributed by atoms with Gasteiger partial charge in [0, 0.05) is 0 Å². The van der Waals surface area contributed by atoms with Gasteiger partial charge in [0.25, 0.3) is 0 Å². The van der Waals surface area contributed by atoms with Crippen LogP contribution < -0.4 is 0 Å². The van der Waals surface area contributed by atoms with E-state index in [2.05, 4.69) is 40.9 Å². The van der Waals surface area contributed by atoms with Crippen molar-refractivity contribution in [2.75, 3.05) is 0 Å². The third kappa shape index (κ3) is 5.01. The van der Waals surface area contributed by atoms with Crippen LogP contribution in [0.5, 0.6) is 0 Å². The number of rotatable bonds is 7. The molecule has 0 bridgehead atoms. The lowest BCUT2D eigenvalue weighted by molar-refractivity contribution is 0.775. The van der Waals surface area contributed by atoms with Crippen LogP contribution >= 0.6 is 0 Å². The molecule has 86 valence electrons. The third-order valence-corrected chi connectivity index (χ3v) is 2.67. The Labute approximate surface area is 95.8 Å². The molecule has 0 heteroatoms. The van der Waals surface area contributed by atoms with Gasteiger partial charge in [-0.1, -0.05) is 51.0 Å². The van der Waals surface area contributed by atoms with Crippen LogP contribution in [0.4, 0.5) is 0 Å². The van der Waals surface area contributed by atoms with Gasteiger partial charge in [0.2, 0.25) is 0 Å². The molecule has 15 heavy (non-hydrogen) atoms. The molecule has 0 spiro atoms. The molecule has 0 aliphatic heterocycles. The van der Waals surface area contributed by atoms with Gasteiger partial charge in [-0.25, -0.2) is 0 Å². The van der Waals surface area contributed by atoms with Crippen molar-refractivity contribution in [3.63, 3.8) is 0 Å². The van der Waals surface area contributed by atoms with Crippen LogP contribution in [-0.4, -0.2) is 0 Å². The van der Waals surface area contributed by atoms with Crippen molar-refractivity contribution in [3.8, 4) is 0 Å². The highest BCUT2D eigenvalue weighted by Gasteiger charge is 2.07. The predicted molar refractivity (Wildman–Crippen MR) is 71.1 cm³/mol. The first-order valence-corrected chi connectivity index (χ1v) is 6.08. The van der Waals surface area contributed by atoms with Crippen LogP contribution in [-0.2, 0) is 0 Å². The van der Waals surface area contributed by atoms with Gasteiger partial charge in [0.1, 0.15) is 0 Å². The average molecular weight is 206 g/mol. The van der Waals surface area contributed by atoms with E-state index in [-0.39, 0.29) is 0 Å². The predicted octanol–water partition coefficient (Wildman–Crippen LogP) is 5.43. The fourth-order valence-electron chi connectivity index (χ4n) is 1.85. The minimum atomic E-state index is 1.14. The number of hydrogen-bond donors (Lipinski definition) is 0. The highest BCUT2D eigenvalue weighted by molar-refractivity contribution is 5.41. The van der Waals surface area contributed by atoms with Crippen molar-refractivity contribution in [1.29, 1.82) is 0 Å². The number of allylic oxidation sites excluding steroid dienone is 4. The summed E-state index contributed by atoms with van der Waals surface area (Å²) in [5.74, 6) is 0. The topological polar surface area (TPSA) is 0 Å². The van der Waals surface area contributed by atoms with E-state index in [0.29, 0.717) is 0 Å². The van der Waals surface area contributed by atoms with Gasteiger partial charge in [0.05, 0.1) is 0 Å². The second-order valence-corrected chi connectivity index (χ2v) is 4.37. The van der Waals surface area contributed by atoms with E-state index < -0.39 is 0 Å². The Morgan fingerprint density at radius 1 is 0.800 bits per heavy atom. The van der Waals surface area contributed by atoms with Gasteiger partial charge in [0.15, 0.2) is 0 Å². The molecule has 0 heterocycles. The molecule has 0 nitrogen and oxygen atoms in total. The molecule has 0 rings (SSSR count). The molecule has 0 aromatic rings. The zero-order valence-electron chi connectivity index (χ0n) is 10.9. The fourth-order valence-corrected chi connectivity index (χ4v) is 1.85. The summed E-state index contributed by atoms with van der Waals surface area (Å²) in [5, 5.41) is 0. The Bertz CT molecular complexity index is 253. The normalized spacial score (nSPS) is 12.3. The maximum absolute atomic E-state index is 4.09. The van der Waals surface area contributed by atoms with Gasteiger partial charge in [-0.05, 0) is 44.3 Å². The molecule has 0 aliphatic rings. The van der Waals surface area contributed by atoms with E-state index in [0.717, 1.165) is 12.8 Å². The minimum absolute atomic E-state index is 1.14. The molecule has 0 saturated heterocycles. The Balaban J connectivity index is 4.96. The van der Waals surface area contributed by atoms with Gasteiger partial charge in [-0.15, -0.1) is 0 Å². The third-order valence-electron chi connectivity index (χ3n) is 2.67. The first kappa shape index (κ1) is 14.2. The summed E-state index contributed by atoms with van der Waals surface area (Å²) in [5.41, 5.74) is 5.32. The molecule has 0 saturated carbocycles. The zero-order valence-corrected chi connectivity index (χ0v) is 10.9. The lowest BCUT2D eigenvalue weighted by atomic mass is 9.91. The number of unbranched alkanes of at least 4 members (excludes halogenated alkanes) is 1. The minimum Gasteiger partial charge on any atom is -0.0958 e. The van der Waals surface area contributed by atoms with Crippen LogP contribution in [0.25, 0.3) is 0 Å². The van der Waals surface area contributed by atoms with E-state index >= 15 is 0 Å². The standard InChI is InChI=1S/C15H26/c1-7-9-11-15(13(5)6)14(10-8-2)12(3)4/h3,5,7-11H2,1-2,4,6H3/b15-14-. The molecule has 0 radical (unpaired) electrons. The molecule has 0 N–H and O–H groups in total. The second kappa shape index (κ2) is 7.50. The molecule has 0 aliphatic carbocycles. The van der Waals surface area contributed by atoms with E-state index in [1.54, 1.807) is 0 Å². The first-order chi connectivity index (χ1) is 7.04. The quantitative estimate of drug-likeness (QED) is 0.487. The van der Waals surface area contributed by atoms with Crippen LogP contribution in [0.3, 0.4) is 0 Å². The van der Waals surface area contributed by atoms with Crippen molar-refractivity contribution in [1.82, 2.24) is 0 Å². The molecule has 0 aromatic heterocycles. The van der Waals surface area contributed by atoms with Crippen LogP contribution in [0.15, 0.2) is 35.5 Å². The lowest BCUT2D eigenvalue weighted by Crippen LogP contribution is -1.95. The van der Waals surface area contributed by atoms with E-state index in [4.69, 9.17) is 0 Å². The van der Waals surface area contributed by atoms with E-state index in [9.17, 15) is 0 Å². The summed E-state index contributed by atoms with van der Waals surface area (Å²) in [6, 6.07) is 0. The average Bonchev–Trinajstić information content (AvgIpc) is 2.16. The molecule has 0 fully saturated rings. The molecule has 0 aromatic carbocycles. The summed E-state index contributed by atoms with van der Waals surface area (Å²) < 4.78 is 0. The van der Waals surface area contributed by atoms with Crippen LogP contribution in [0.2, 0.25) is 0 Å². The van der Waals surface area contributed by atoms with Crippen molar-refractivity contribution in [2.45, 2.75) is 59.8 Å². The molecular formula is C15H26. The van der Waals surface area contributed by atoms with Crippen molar-refractivity contribution < 1.29 is 0 Å². The van der Waals surface area contributed by atoms with Crippen molar-refractivity contribution in [2.24, 2.45) is 0 Å². The lowest BCUT2D eigenvalue weighted by Gasteiger charge is -2.15. The van der Waals surface area contributed by atoms with Crippen LogP contribution in [0.1, 0.15) is 59.8 Å². The summed E-state index contributed by atoms with van der Waals surface area (Å²) in [7, 11) is 0. The smallest absolute Gasteiger partial charge is 0.0274 e. The zero-order chi connectivity index (χ0) is 11.8. The fraction of sp³-hybridized carbons (Fsp3) is 0.600. The van der Waals surface area contributed by atoms with Crippen LogP contribution in [0, 0.1) is 0 Å². The highest BCUT2D eigenvalue weighted by Crippen LogP contribution is 2.27. The van der Waals surface area contributed by atoms with Crippen molar-refractivity contribution >= 4 is 0 Å². The Morgan fingerprint density at radius 3 is 1.60 bits per heavy atom. The SMILES string of the molecule is C=C(C)/C(CCC)=C(/CCCC)C(=C)C. The highest BCUT2D eigenvalue weighted by atomic mass is 14.1. The van der Waals surface area contributed by atoms with Gasteiger partial charge < -0.3 is 0 Å². The van der Waals surface area contributed by atoms with E-state index in [1.807, 2.05) is 0 Å². The largest absolute Gasteiger partial charge is 0.0958 e. The van der Waals surface area contributed by atoms with Gasteiger partial charge in [-0.2, -0.15) is 0 Å². The summed E-state index contributed by atoms with van der Waals surface area (Å²) in [6.45, 7) is 16.9. The number of hydrogen-bond acceptors (Lipinski definition) is 0. The molecule has 0 atom stereocenters. The second-order valence-electron chi connectivity index (χ2n) is 4.37. The Morgan fingerprint density at radius 2 is 1.27 bits per heavy atom.